The summed E-state index contributed by atoms with van der Waals surface area (Å²) in [5, 5.41) is 8.46. The van der Waals surface area contributed by atoms with Crippen LogP contribution in [0.5, 0.6) is 0 Å². The van der Waals surface area contributed by atoms with Crippen LogP contribution in [0, 0.1) is 0 Å². The molecule has 2 rings (SSSR count). The van der Waals surface area contributed by atoms with Crippen LogP contribution in [0.15, 0.2) is 41.2 Å². The van der Waals surface area contributed by atoms with E-state index in [0.717, 1.165) is 0 Å². The van der Waals surface area contributed by atoms with E-state index >= 15 is 0 Å². The van der Waals surface area contributed by atoms with Crippen molar-refractivity contribution < 1.29 is 18.8 Å². The lowest BCUT2D eigenvalue weighted by atomic mass is 10.2. The van der Waals surface area contributed by atoms with Gasteiger partial charge in [0.25, 0.3) is 11.8 Å². The highest BCUT2D eigenvalue weighted by Crippen LogP contribution is 2.22. The van der Waals surface area contributed by atoms with Crippen LogP contribution in [0.4, 0.5) is 0 Å². The first-order chi connectivity index (χ1) is 12.4. The van der Waals surface area contributed by atoms with E-state index in [-0.39, 0.29) is 29.9 Å². The minimum atomic E-state index is -0.733. The first kappa shape index (κ1) is 19.8. The molecule has 1 aromatic carbocycles. The Hall–Kier alpha value is -2.51. The first-order valence-electron chi connectivity index (χ1n) is 7.72. The SMILES string of the molecule is CC(NC(=O)c1ccoc1)C(=O)NCCNC(=O)c1ccc(Cl)c(Cl)c1. The average molecular weight is 398 g/mol. The number of carbonyl (C=O) groups is 3. The van der Waals surface area contributed by atoms with Gasteiger partial charge in [-0.05, 0) is 31.2 Å². The molecule has 0 aliphatic carbocycles. The molecule has 2 aromatic rings. The summed E-state index contributed by atoms with van der Waals surface area (Å²) < 4.78 is 4.81. The topological polar surface area (TPSA) is 100 Å². The van der Waals surface area contributed by atoms with Gasteiger partial charge in [0.05, 0.1) is 21.9 Å². The highest BCUT2D eigenvalue weighted by Gasteiger charge is 2.17. The molecule has 3 amide bonds. The molecule has 0 fully saturated rings. The second kappa shape index (κ2) is 9.26. The summed E-state index contributed by atoms with van der Waals surface area (Å²) in [4.78, 5) is 35.7. The van der Waals surface area contributed by atoms with Crippen LogP contribution in [0.1, 0.15) is 27.6 Å². The summed E-state index contributed by atoms with van der Waals surface area (Å²) >= 11 is 11.7. The number of furan rings is 1. The van der Waals surface area contributed by atoms with Crippen LogP contribution in [0.2, 0.25) is 10.0 Å². The zero-order valence-electron chi connectivity index (χ0n) is 13.8. The third-order valence-electron chi connectivity index (χ3n) is 3.42. The monoisotopic (exact) mass is 397 g/mol. The summed E-state index contributed by atoms with van der Waals surface area (Å²) in [7, 11) is 0. The Bertz CT molecular complexity index is 793. The molecular formula is C17H17Cl2N3O4. The standard InChI is InChI=1S/C17H17Cl2N3O4/c1-10(22-17(25)12-4-7-26-9-12)15(23)20-5-6-21-16(24)11-2-3-13(18)14(19)8-11/h2-4,7-10H,5-6H2,1H3,(H,20,23)(H,21,24)(H,22,25). The van der Waals surface area contributed by atoms with E-state index in [4.69, 9.17) is 27.6 Å². The van der Waals surface area contributed by atoms with Gasteiger partial charge in [0, 0.05) is 18.7 Å². The summed E-state index contributed by atoms with van der Waals surface area (Å²) in [5.74, 6) is -1.11. The molecule has 138 valence electrons. The summed E-state index contributed by atoms with van der Waals surface area (Å²) in [6, 6.07) is 5.31. The van der Waals surface area contributed by atoms with Gasteiger partial charge in [0.2, 0.25) is 5.91 Å². The van der Waals surface area contributed by atoms with Crippen LogP contribution in [-0.2, 0) is 4.79 Å². The van der Waals surface area contributed by atoms with Crippen molar-refractivity contribution in [1.29, 1.82) is 0 Å². The smallest absolute Gasteiger partial charge is 0.255 e. The van der Waals surface area contributed by atoms with E-state index in [9.17, 15) is 14.4 Å². The van der Waals surface area contributed by atoms with Crippen molar-refractivity contribution in [3.8, 4) is 0 Å². The van der Waals surface area contributed by atoms with Gasteiger partial charge in [-0.15, -0.1) is 0 Å². The van der Waals surface area contributed by atoms with Crippen molar-refractivity contribution in [3.05, 3.63) is 58.0 Å². The highest BCUT2D eigenvalue weighted by molar-refractivity contribution is 6.42. The summed E-state index contributed by atoms with van der Waals surface area (Å²) in [6.07, 6.45) is 2.66. The van der Waals surface area contributed by atoms with E-state index in [1.165, 1.54) is 30.7 Å². The van der Waals surface area contributed by atoms with Gasteiger partial charge in [0.1, 0.15) is 12.3 Å². The normalized spacial score (nSPS) is 11.5. The molecule has 0 aliphatic rings. The Morgan fingerprint density at radius 3 is 2.38 bits per heavy atom. The molecule has 3 N–H and O–H groups in total. The molecule has 7 nitrogen and oxygen atoms in total. The first-order valence-corrected chi connectivity index (χ1v) is 8.48. The zero-order chi connectivity index (χ0) is 19.1. The van der Waals surface area contributed by atoms with Gasteiger partial charge >= 0.3 is 0 Å². The lowest BCUT2D eigenvalue weighted by Gasteiger charge is -2.14. The van der Waals surface area contributed by atoms with E-state index in [1.54, 1.807) is 13.0 Å². The molecular weight excluding hydrogens is 381 g/mol. The van der Waals surface area contributed by atoms with Crippen LogP contribution >= 0.6 is 23.2 Å². The Labute approximate surface area is 160 Å². The van der Waals surface area contributed by atoms with Crippen molar-refractivity contribution in [2.45, 2.75) is 13.0 Å². The number of hydrogen-bond donors (Lipinski definition) is 3. The molecule has 0 radical (unpaired) electrons. The largest absolute Gasteiger partial charge is 0.472 e. The van der Waals surface area contributed by atoms with Crippen molar-refractivity contribution in [2.24, 2.45) is 0 Å². The number of halogens is 2. The number of benzene rings is 1. The van der Waals surface area contributed by atoms with Gasteiger partial charge < -0.3 is 20.4 Å². The Kier molecular flexibility index (Phi) is 7.06. The van der Waals surface area contributed by atoms with E-state index in [1.807, 2.05) is 0 Å². The molecule has 1 unspecified atom stereocenters. The minimum absolute atomic E-state index is 0.206. The van der Waals surface area contributed by atoms with Crippen molar-refractivity contribution in [2.75, 3.05) is 13.1 Å². The predicted molar refractivity (Wildman–Crippen MR) is 97.4 cm³/mol. The number of carbonyl (C=O) groups excluding carboxylic acids is 3. The lowest BCUT2D eigenvalue weighted by molar-refractivity contribution is -0.122. The molecule has 0 aliphatic heterocycles. The Balaban J connectivity index is 1.71. The van der Waals surface area contributed by atoms with Gasteiger partial charge in [-0.1, -0.05) is 23.2 Å². The summed E-state index contributed by atoms with van der Waals surface area (Å²) in [6.45, 7) is 1.98. The fourth-order valence-corrected chi connectivity index (χ4v) is 2.29. The Morgan fingerprint density at radius 2 is 1.73 bits per heavy atom. The van der Waals surface area contributed by atoms with Crippen molar-refractivity contribution >= 4 is 40.9 Å². The van der Waals surface area contributed by atoms with Crippen molar-refractivity contribution in [1.82, 2.24) is 16.0 Å². The lowest BCUT2D eigenvalue weighted by Crippen LogP contribution is -2.46. The number of rotatable bonds is 7. The van der Waals surface area contributed by atoms with E-state index in [0.29, 0.717) is 16.1 Å². The van der Waals surface area contributed by atoms with Crippen molar-refractivity contribution in [3.63, 3.8) is 0 Å². The van der Waals surface area contributed by atoms with Crippen LogP contribution in [0.25, 0.3) is 0 Å². The highest BCUT2D eigenvalue weighted by atomic mass is 35.5. The maximum absolute atomic E-state index is 12.0. The average Bonchev–Trinajstić information content (AvgIpc) is 3.15. The third-order valence-corrected chi connectivity index (χ3v) is 4.15. The predicted octanol–water partition coefficient (Wildman–Crippen LogP) is 2.25. The number of hydrogen-bond acceptors (Lipinski definition) is 4. The number of amides is 3. The maximum Gasteiger partial charge on any atom is 0.255 e. The maximum atomic E-state index is 12.0. The molecule has 9 heteroatoms. The zero-order valence-corrected chi connectivity index (χ0v) is 15.4. The number of nitrogens with one attached hydrogen (secondary N) is 3. The second-order valence-electron chi connectivity index (χ2n) is 5.38. The molecule has 0 saturated heterocycles. The molecule has 1 heterocycles. The minimum Gasteiger partial charge on any atom is -0.472 e. The van der Waals surface area contributed by atoms with Crippen LogP contribution in [-0.4, -0.2) is 36.9 Å². The third kappa shape index (κ3) is 5.50. The molecule has 0 bridgehead atoms. The second-order valence-corrected chi connectivity index (χ2v) is 6.20. The van der Waals surface area contributed by atoms with Crippen LogP contribution < -0.4 is 16.0 Å². The van der Waals surface area contributed by atoms with E-state index in [2.05, 4.69) is 16.0 Å². The summed E-state index contributed by atoms with van der Waals surface area (Å²) in [5.41, 5.74) is 0.699. The quantitative estimate of drug-likeness (QED) is 0.623. The van der Waals surface area contributed by atoms with Gasteiger partial charge in [-0.3, -0.25) is 14.4 Å². The van der Waals surface area contributed by atoms with Gasteiger partial charge in [-0.2, -0.15) is 0 Å². The van der Waals surface area contributed by atoms with E-state index < -0.39 is 11.9 Å². The van der Waals surface area contributed by atoms with Gasteiger partial charge in [-0.25, -0.2) is 0 Å². The van der Waals surface area contributed by atoms with Crippen LogP contribution in [0.3, 0.4) is 0 Å². The fraction of sp³-hybridized carbons (Fsp3) is 0.235. The molecule has 26 heavy (non-hydrogen) atoms. The molecule has 1 aromatic heterocycles. The molecule has 1 atom stereocenters. The molecule has 0 spiro atoms. The van der Waals surface area contributed by atoms with Gasteiger partial charge in [0.15, 0.2) is 0 Å². The fourth-order valence-electron chi connectivity index (χ4n) is 1.99. The Morgan fingerprint density at radius 1 is 1.00 bits per heavy atom. The molecule has 0 saturated carbocycles.